The molecule has 0 radical (unpaired) electrons. The molecule has 0 aliphatic heterocycles. The minimum absolute atomic E-state index is 0.109. The molecular formula is C14H20F3N3O2. The number of aromatic nitrogens is 2. The van der Waals surface area contributed by atoms with Gasteiger partial charge >= 0.3 is 6.36 Å². The van der Waals surface area contributed by atoms with Crippen LogP contribution in [0.25, 0.3) is 0 Å². The third-order valence-corrected chi connectivity index (χ3v) is 4.69. The Morgan fingerprint density at radius 1 is 1.05 bits per heavy atom. The quantitative estimate of drug-likeness (QED) is 0.924. The van der Waals surface area contributed by atoms with Gasteiger partial charge in [0.1, 0.15) is 0 Å². The lowest BCUT2D eigenvalue weighted by Gasteiger charge is -2.32. The van der Waals surface area contributed by atoms with Gasteiger partial charge in [0, 0.05) is 17.9 Å². The van der Waals surface area contributed by atoms with Crippen LogP contribution in [0.3, 0.4) is 0 Å². The van der Waals surface area contributed by atoms with Crippen molar-refractivity contribution >= 4 is 0 Å². The highest BCUT2D eigenvalue weighted by molar-refractivity contribution is 5.03. The lowest BCUT2D eigenvalue weighted by molar-refractivity contribution is -0.352. The molecule has 0 unspecified atom stereocenters. The Bertz CT molecular complexity index is 492. The zero-order valence-corrected chi connectivity index (χ0v) is 12.4. The van der Waals surface area contributed by atoms with E-state index in [2.05, 4.69) is 20.3 Å². The lowest BCUT2D eigenvalue weighted by Crippen LogP contribution is -2.34. The van der Waals surface area contributed by atoms with Crippen molar-refractivity contribution in [1.29, 1.82) is 0 Å². The summed E-state index contributed by atoms with van der Waals surface area (Å²) in [6.45, 7) is 0. The van der Waals surface area contributed by atoms with Gasteiger partial charge in [-0.2, -0.15) is 0 Å². The second-order valence-corrected chi connectivity index (χ2v) is 6.17. The summed E-state index contributed by atoms with van der Waals surface area (Å²) in [5.74, 6) is 1.24. The fraction of sp³-hybridized carbons (Fsp3) is 0.857. The van der Waals surface area contributed by atoms with Crippen LogP contribution in [0.5, 0.6) is 0 Å². The van der Waals surface area contributed by atoms with Gasteiger partial charge in [-0.1, -0.05) is 0 Å². The normalized spacial score (nSPS) is 32.7. The van der Waals surface area contributed by atoms with Crippen LogP contribution in [0.15, 0.2) is 4.42 Å². The molecule has 22 heavy (non-hydrogen) atoms. The molecule has 0 aromatic carbocycles. The molecule has 8 heteroatoms. The predicted octanol–water partition coefficient (Wildman–Crippen LogP) is 3.10. The summed E-state index contributed by atoms with van der Waals surface area (Å²) in [6.07, 6.45) is -0.641. The topological polar surface area (TPSA) is 60.2 Å². The highest BCUT2D eigenvalue weighted by Crippen LogP contribution is 2.41. The smallest absolute Gasteiger partial charge is 0.425 e. The van der Waals surface area contributed by atoms with Gasteiger partial charge in [-0.15, -0.1) is 23.4 Å². The predicted molar refractivity (Wildman–Crippen MR) is 71.3 cm³/mol. The minimum atomic E-state index is -4.57. The van der Waals surface area contributed by atoms with Gasteiger partial charge in [-0.05, 0) is 45.6 Å². The maximum Gasteiger partial charge on any atom is 0.522 e. The van der Waals surface area contributed by atoms with E-state index in [1.54, 1.807) is 0 Å². The lowest BCUT2D eigenvalue weighted by atomic mass is 9.82. The van der Waals surface area contributed by atoms with Gasteiger partial charge in [0.25, 0.3) is 0 Å². The van der Waals surface area contributed by atoms with Gasteiger partial charge in [0.2, 0.25) is 11.8 Å². The average molecular weight is 319 g/mol. The van der Waals surface area contributed by atoms with Gasteiger partial charge in [-0.25, -0.2) is 0 Å². The molecule has 2 fully saturated rings. The Kier molecular flexibility index (Phi) is 4.40. The summed E-state index contributed by atoms with van der Waals surface area (Å²) in [6, 6.07) is 0.547. The average Bonchev–Trinajstić information content (AvgIpc) is 2.91. The minimum Gasteiger partial charge on any atom is -0.425 e. The van der Waals surface area contributed by atoms with Crippen LogP contribution in [0, 0.1) is 0 Å². The zero-order valence-electron chi connectivity index (χ0n) is 12.4. The van der Waals surface area contributed by atoms with E-state index in [-0.39, 0.29) is 24.7 Å². The van der Waals surface area contributed by atoms with E-state index in [0.717, 1.165) is 25.7 Å². The molecule has 5 nitrogen and oxygen atoms in total. The Morgan fingerprint density at radius 2 is 1.64 bits per heavy atom. The largest absolute Gasteiger partial charge is 0.522 e. The van der Waals surface area contributed by atoms with Crippen LogP contribution in [0.1, 0.15) is 62.1 Å². The molecule has 0 spiro atoms. The molecule has 124 valence electrons. The van der Waals surface area contributed by atoms with Crippen molar-refractivity contribution in [2.45, 2.75) is 68.9 Å². The van der Waals surface area contributed by atoms with Crippen LogP contribution in [0.2, 0.25) is 0 Å². The van der Waals surface area contributed by atoms with Gasteiger partial charge < -0.3 is 9.73 Å². The number of hydrogen-bond donors (Lipinski definition) is 1. The Labute approximate surface area is 126 Å². The van der Waals surface area contributed by atoms with Crippen LogP contribution in [0.4, 0.5) is 13.2 Å². The van der Waals surface area contributed by atoms with Crippen LogP contribution in [-0.2, 0) is 4.74 Å². The first kappa shape index (κ1) is 15.7. The molecular weight excluding hydrogens is 299 g/mol. The van der Waals surface area contributed by atoms with E-state index in [9.17, 15) is 13.2 Å². The fourth-order valence-electron chi connectivity index (χ4n) is 3.26. The molecule has 2 saturated carbocycles. The molecule has 0 saturated heterocycles. The maximum absolute atomic E-state index is 12.1. The van der Waals surface area contributed by atoms with Crippen molar-refractivity contribution in [1.82, 2.24) is 15.5 Å². The van der Waals surface area contributed by atoms with Crippen LogP contribution < -0.4 is 5.32 Å². The van der Waals surface area contributed by atoms with Crippen molar-refractivity contribution in [3.63, 3.8) is 0 Å². The number of nitrogens with one attached hydrogen (secondary N) is 1. The third kappa shape index (κ3) is 3.60. The number of hydrogen-bond acceptors (Lipinski definition) is 5. The third-order valence-electron chi connectivity index (χ3n) is 4.69. The van der Waals surface area contributed by atoms with Crippen molar-refractivity contribution in [3.05, 3.63) is 11.8 Å². The first-order valence-corrected chi connectivity index (χ1v) is 7.69. The zero-order chi connectivity index (χ0) is 15.7. The molecule has 2 aliphatic carbocycles. The van der Waals surface area contributed by atoms with E-state index < -0.39 is 12.5 Å². The molecule has 2 aliphatic rings. The first-order chi connectivity index (χ1) is 10.4. The number of nitrogens with zero attached hydrogens (tertiary/aromatic N) is 2. The van der Waals surface area contributed by atoms with E-state index in [1.165, 1.54) is 0 Å². The summed E-state index contributed by atoms with van der Waals surface area (Å²) in [5, 5.41) is 11.4. The van der Waals surface area contributed by atoms with Gasteiger partial charge in [0.05, 0.1) is 6.10 Å². The fourth-order valence-corrected chi connectivity index (χ4v) is 3.26. The SMILES string of the molecule is CNC1CCC(c2nnc(C3CC(OC(F)(F)F)C3)o2)CC1. The molecule has 1 aromatic rings. The molecule has 1 aromatic heterocycles. The summed E-state index contributed by atoms with van der Waals surface area (Å²) < 4.78 is 45.9. The van der Waals surface area contributed by atoms with E-state index in [1.807, 2.05) is 7.05 Å². The standard InChI is InChI=1S/C14H20F3N3O2/c1-18-10-4-2-8(3-5-10)12-19-20-13(21-12)9-6-11(7-9)22-14(15,16)17/h8-11,18H,2-7H2,1H3. The van der Waals surface area contributed by atoms with Crippen LogP contribution in [-0.4, -0.2) is 35.8 Å². The van der Waals surface area contributed by atoms with Crippen molar-refractivity contribution < 1.29 is 22.3 Å². The van der Waals surface area contributed by atoms with Crippen molar-refractivity contribution in [2.75, 3.05) is 7.05 Å². The number of halogens is 3. The highest BCUT2D eigenvalue weighted by Gasteiger charge is 2.42. The Balaban J connectivity index is 1.51. The Morgan fingerprint density at radius 3 is 2.18 bits per heavy atom. The number of ether oxygens (including phenoxy) is 1. The van der Waals surface area contributed by atoms with Crippen molar-refractivity contribution in [2.24, 2.45) is 0 Å². The maximum atomic E-state index is 12.1. The number of rotatable bonds is 4. The summed E-state index contributed by atoms with van der Waals surface area (Å²) in [7, 11) is 1.96. The second-order valence-electron chi connectivity index (χ2n) is 6.17. The highest BCUT2D eigenvalue weighted by atomic mass is 19.4. The molecule has 0 atom stereocenters. The molecule has 3 rings (SSSR count). The van der Waals surface area contributed by atoms with Gasteiger partial charge in [-0.3, -0.25) is 4.74 Å². The van der Waals surface area contributed by atoms with E-state index in [0.29, 0.717) is 17.8 Å². The molecule has 0 amide bonds. The molecule has 1 N–H and O–H groups in total. The van der Waals surface area contributed by atoms with Crippen LogP contribution >= 0.6 is 0 Å². The summed E-state index contributed by atoms with van der Waals surface area (Å²) >= 11 is 0. The first-order valence-electron chi connectivity index (χ1n) is 7.69. The summed E-state index contributed by atoms with van der Waals surface area (Å²) in [5.41, 5.74) is 0. The second kappa shape index (κ2) is 6.16. The van der Waals surface area contributed by atoms with Gasteiger partial charge in [0.15, 0.2) is 0 Å². The summed E-state index contributed by atoms with van der Waals surface area (Å²) in [4.78, 5) is 0. The molecule has 0 bridgehead atoms. The van der Waals surface area contributed by atoms with E-state index in [4.69, 9.17) is 4.42 Å². The molecule has 1 heterocycles. The number of alkyl halides is 3. The van der Waals surface area contributed by atoms with E-state index >= 15 is 0 Å². The monoisotopic (exact) mass is 319 g/mol. The van der Waals surface area contributed by atoms with Crippen molar-refractivity contribution in [3.8, 4) is 0 Å². The Hall–Kier alpha value is -1.15.